The smallest absolute Gasteiger partial charge is 0.320 e. The minimum absolute atomic E-state index is 0.311. The predicted molar refractivity (Wildman–Crippen MR) is 59.5 cm³/mol. The number of rotatable bonds is 9. The largest absolute Gasteiger partial charge is 0.481 e. The maximum Gasteiger partial charge on any atom is 0.320 e. The quantitative estimate of drug-likeness (QED) is 0.446. The van der Waals surface area contributed by atoms with Crippen LogP contribution in [0, 0.1) is 0 Å². The highest BCUT2D eigenvalue weighted by atomic mass is 16.5. The molecule has 0 heterocycles. The lowest BCUT2D eigenvalue weighted by Gasteiger charge is -2.25. The summed E-state index contributed by atoms with van der Waals surface area (Å²) in [5.41, 5.74) is 0. The number of hydrogen-bond donors (Lipinski definition) is 3. The molecular formula is C10H15NO8. The molecule has 0 unspecified atom stereocenters. The molecule has 0 saturated heterocycles. The maximum absolute atomic E-state index is 11.1. The van der Waals surface area contributed by atoms with Crippen molar-refractivity contribution in [2.45, 2.75) is 18.9 Å². The van der Waals surface area contributed by atoms with Gasteiger partial charge in [-0.05, 0) is 6.42 Å². The molecule has 0 aromatic heterocycles. The Bertz CT molecular complexity index is 367. The van der Waals surface area contributed by atoms with Crippen LogP contribution in [0.25, 0.3) is 0 Å². The summed E-state index contributed by atoms with van der Waals surface area (Å²) < 4.78 is 4.33. The predicted octanol–water partition coefficient (Wildman–Crippen LogP) is -1.14. The van der Waals surface area contributed by atoms with E-state index in [-0.39, 0.29) is 6.42 Å². The summed E-state index contributed by atoms with van der Waals surface area (Å²) in [4.78, 5) is 44.0. The van der Waals surface area contributed by atoms with Crippen LogP contribution in [0.4, 0.5) is 0 Å². The summed E-state index contributed by atoms with van der Waals surface area (Å²) >= 11 is 0. The van der Waals surface area contributed by atoms with Gasteiger partial charge >= 0.3 is 23.9 Å². The summed E-state index contributed by atoms with van der Waals surface area (Å²) in [5, 5.41) is 26.2. The zero-order chi connectivity index (χ0) is 15.0. The SMILES string of the molecule is COC(=O)CN(CC(=O)O)[C@@H](CCC(=O)O)C(=O)O. The van der Waals surface area contributed by atoms with E-state index in [1.807, 2.05) is 0 Å². The minimum atomic E-state index is -1.40. The summed E-state index contributed by atoms with van der Waals surface area (Å²) in [5.74, 6) is -4.74. The van der Waals surface area contributed by atoms with Crippen molar-refractivity contribution >= 4 is 23.9 Å². The lowest BCUT2D eigenvalue weighted by atomic mass is 10.1. The van der Waals surface area contributed by atoms with Crippen LogP contribution < -0.4 is 0 Å². The molecule has 0 aromatic carbocycles. The molecule has 0 bridgehead atoms. The molecule has 0 aliphatic rings. The first kappa shape index (κ1) is 16.8. The van der Waals surface area contributed by atoms with Gasteiger partial charge in [-0.15, -0.1) is 0 Å². The Hall–Kier alpha value is -2.16. The first-order chi connectivity index (χ1) is 8.77. The molecule has 108 valence electrons. The van der Waals surface area contributed by atoms with Gasteiger partial charge in [0.05, 0.1) is 20.2 Å². The van der Waals surface area contributed by atoms with Crippen LogP contribution in [0.15, 0.2) is 0 Å². The van der Waals surface area contributed by atoms with Crippen molar-refractivity contribution in [3.63, 3.8) is 0 Å². The third-order valence-electron chi connectivity index (χ3n) is 2.26. The van der Waals surface area contributed by atoms with Gasteiger partial charge in [-0.25, -0.2) is 0 Å². The number of carbonyl (C=O) groups excluding carboxylic acids is 1. The summed E-state index contributed by atoms with van der Waals surface area (Å²) in [6.07, 6.45) is -0.761. The molecule has 0 spiro atoms. The van der Waals surface area contributed by atoms with E-state index in [1.54, 1.807) is 0 Å². The number of hydrogen-bond acceptors (Lipinski definition) is 6. The molecule has 19 heavy (non-hydrogen) atoms. The fourth-order valence-corrected chi connectivity index (χ4v) is 1.40. The van der Waals surface area contributed by atoms with Crippen LogP contribution in [0.1, 0.15) is 12.8 Å². The third kappa shape index (κ3) is 6.99. The standard InChI is InChI=1S/C10H15NO8/c1-19-9(16)5-11(4-8(14)15)6(10(17)18)2-3-7(12)13/h6H,2-5H2,1H3,(H,12,13)(H,14,15)(H,17,18)/t6-/m0/s1. The molecule has 1 atom stereocenters. The lowest BCUT2D eigenvalue weighted by molar-refractivity contribution is -0.150. The number of esters is 1. The Kier molecular flexibility index (Phi) is 7.12. The van der Waals surface area contributed by atoms with Gasteiger partial charge in [-0.2, -0.15) is 0 Å². The zero-order valence-corrected chi connectivity index (χ0v) is 10.2. The molecule has 9 nitrogen and oxygen atoms in total. The van der Waals surface area contributed by atoms with Crippen LogP contribution in [0.3, 0.4) is 0 Å². The monoisotopic (exact) mass is 277 g/mol. The highest BCUT2D eigenvalue weighted by Gasteiger charge is 2.29. The molecule has 0 radical (unpaired) electrons. The van der Waals surface area contributed by atoms with Crippen molar-refractivity contribution in [3.8, 4) is 0 Å². The van der Waals surface area contributed by atoms with Gasteiger partial charge < -0.3 is 20.1 Å². The van der Waals surface area contributed by atoms with Crippen LogP contribution >= 0.6 is 0 Å². The Morgan fingerprint density at radius 2 is 1.63 bits per heavy atom. The van der Waals surface area contributed by atoms with Crippen molar-refractivity contribution in [2.24, 2.45) is 0 Å². The number of aliphatic carboxylic acids is 3. The van der Waals surface area contributed by atoms with Crippen LogP contribution in [-0.4, -0.2) is 70.3 Å². The van der Waals surface area contributed by atoms with Gasteiger partial charge in [-0.3, -0.25) is 24.1 Å². The fraction of sp³-hybridized carbons (Fsp3) is 0.600. The second-order valence-corrected chi connectivity index (χ2v) is 3.66. The van der Waals surface area contributed by atoms with Gasteiger partial charge in [0.1, 0.15) is 6.04 Å². The molecule has 0 aliphatic heterocycles. The normalized spacial score (nSPS) is 11.9. The van der Waals surface area contributed by atoms with Crippen LogP contribution in [-0.2, 0) is 23.9 Å². The molecule has 0 fully saturated rings. The van der Waals surface area contributed by atoms with E-state index in [1.165, 1.54) is 0 Å². The molecule has 0 saturated carbocycles. The molecule has 0 amide bonds. The average molecular weight is 277 g/mol. The van der Waals surface area contributed by atoms with Crippen LogP contribution in [0.5, 0.6) is 0 Å². The number of carboxylic acids is 3. The Labute approximate surface area is 108 Å². The Morgan fingerprint density at radius 1 is 1.05 bits per heavy atom. The van der Waals surface area contributed by atoms with Gasteiger partial charge in [0, 0.05) is 6.42 Å². The highest BCUT2D eigenvalue weighted by molar-refractivity contribution is 5.79. The average Bonchev–Trinajstić information content (AvgIpc) is 2.27. The molecular weight excluding hydrogens is 262 g/mol. The van der Waals surface area contributed by atoms with E-state index in [9.17, 15) is 19.2 Å². The minimum Gasteiger partial charge on any atom is -0.481 e. The maximum atomic E-state index is 11.1. The molecule has 9 heteroatoms. The Morgan fingerprint density at radius 3 is 2.00 bits per heavy atom. The molecule has 3 N–H and O–H groups in total. The second kappa shape index (κ2) is 8.03. The van der Waals surface area contributed by atoms with Crippen LogP contribution in [0.2, 0.25) is 0 Å². The molecule has 0 aliphatic carbocycles. The number of carbonyl (C=O) groups is 4. The first-order valence-electron chi connectivity index (χ1n) is 5.25. The van der Waals surface area contributed by atoms with Gasteiger partial charge in [0.25, 0.3) is 0 Å². The zero-order valence-electron chi connectivity index (χ0n) is 10.2. The van der Waals surface area contributed by atoms with Crippen molar-refractivity contribution in [1.82, 2.24) is 4.90 Å². The van der Waals surface area contributed by atoms with E-state index in [2.05, 4.69) is 4.74 Å². The molecule has 0 aromatic rings. The topological polar surface area (TPSA) is 141 Å². The Balaban J connectivity index is 4.89. The van der Waals surface area contributed by atoms with Crippen molar-refractivity contribution in [2.75, 3.05) is 20.2 Å². The summed E-state index contributed by atoms with van der Waals surface area (Å²) in [7, 11) is 1.08. The van der Waals surface area contributed by atoms with Crippen molar-refractivity contribution in [1.29, 1.82) is 0 Å². The number of ether oxygens (including phenoxy) is 1. The second-order valence-electron chi connectivity index (χ2n) is 3.66. The third-order valence-corrected chi connectivity index (χ3v) is 2.26. The fourth-order valence-electron chi connectivity index (χ4n) is 1.40. The number of methoxy groups -OCH3 is 1. The number of carboxylic acid groups (broad SMARTS) is 3. The summed E-state index contributed by atoms with van der Waals surface area (Å²) in [6, 6.07) is -1.38. The van der Waals surface area contributed by atoms with E-state index in [4.69, 9.17) is 15.3 Å². The van der Waals surface area contributed by atoms with Crippen molar-refractivity contribution < 1.29 is 39.2 Å². The van der Waals surface area contributed by atoms with E-state index in [0.717, 1.165) is 12.0 Å². The van der Waals surface area contributed by atoms with Gasteiger partial charge in [0.2, 0.25) is 0 Å². The van der Waals surface area contributed by atoms with E-state index >= 15 is 0 Å². The van der Waals surface area contributed by atoms with E-state index in [0.29, 0.717) is 0 Å². The van der Waals surface area contributed by atoms with Crippen molar-refractivity contribution in [3.05, 3.63) is 0 Å². The number of nitrogens with zero attached hydrogens (tertiary/aromatic N) is 1. The highest BCUT2D eigenvalue weighted by Crippen LogP contribution is 2.08. The summed E-state index contributed by atoms with van der Waals surface area (Å²) in [6.45, 7) is -1.24. The van der Waals surface area contributed by atoms with Gasteiger partial charge in [0.15, 0.2) is 0 Å². The lowest BCUT2D eigenvalue weighted by Crippen LogP contribution is -2.47. The van der Waals surface area contributed by atoms with E-state index < -0.39 is 49.4 Å². The molecule has 0 rings (SSSR count). The first-order valence-corrected chi connectivity index (χ1v) is 5.25. The van der Waals surface area contributed by atoms with Gasteiger partial charge in [-0.1, -0.05) is 0 Å².